The molecule has 0 aliphatic heterocycles. The number of benzene rings is 1. The van der Waals surface area contributed by atoms with Gasteiger partial charge < -0.3 is 5.11 Å². The Balaban J connectivity index is 1.86. The van der Waals surface area contributed by atoms with Crippen LogP contribution in [0, 0.1) is 6.92 Å². The molecule has 3 heterocycles. The first kappa shape index (κ1) is 15.5. The summed E-state index contributed by atoms with van der Waals surface area (Å²) in [6.07, 6.45) is 8.34. The molecule has 6 heteroatoms. The standard InChI is InChI=1S/C20H21N5O/c1-12-15(10-21-24-12)20-14-5-3-2-4-13(14)19-16-11-22-25(8-9-26)18(16)7-6-17(19)23-20/h6-7,10-11,26H,2-5,8-9H2,1H3,(H,21,24). The van der Waals surface area contributed by atoms with Gasteiger partial charge in [0.25, 0.3) is 0 Å². The average Bonchev–Trinajstić information content (AvgIpc) is 3.27. The van der Waals surface area contributed by atoms with E-state index in [4.69, 9.17) is 4.98 Å². The number of aryl methyl sites for hydroxylation is 2. The van der Waals surface area contributed by atoms with E-state index < -0.39 is 0 Å². The minimum Gasteiger partial charge on any atom is -0.394 e. The number of hydrogen-bond acceptors (Lipinski definition) is 4. The Labute approximate surface area is 150 Å². The van der Waals surface area contributed by atoms with Crippen LogP contribution in [-0.2, 0) is 19.4 Å². The number of H-pyrrole nitrogens is 1. The molecule has 0 saturated carbocycles. The average molecular weight is 347 g/mol. The smallest absolute Gasteiger partial charge is 0.0778 e. The van der Waals surface area contributed by atoms with Crippen molar-refractivity contribution in [1.29, 1.82) is 0 Å². The first-order valence-electron chi connectivity index (χ1n) is 9.19. The highest BCUT2D eigenvalue weighted by atomic mass is 16.3. The Hall–Kier alpha value is -2.73. The Kier molecular flexibility index (Phi) is 3.53. The molecule has 0 saturated heterocycles. The summed E-state index contributed by atoms with van der Waals surface area (Å²) < 4.78 is 1.87. The maximum absolute atomic E-state index is 9.29. The molecule has 1 aliphatic carbocycles. The van der Waals surface area contributed by atoms with E-state index in [1.54, 1.807) is 0 Å². The summed E-state index contributed by atoms with van der Waals surface area (Å²) in [5.74, 6) is 0. The van der Waals surface area contributed by atoms with Crippen molar-refractivity contribution in [1.82, 2.24) is 25.0 Å². The lowest BCUT2D eigenvalue weighted by Crippen LogP contribution is -2.08. The zero-order chi connectivity index (χ0) is 17.7. The molecule has 0 fully saturated rings. The highest BCUT2D eigenvalue weighted by Gasteiger charge is 2.22. The molecule has 26 heavy (non-hydrogen) atoms. The van der Waals surface area contributed by atoms with Gasteiger partial charge >= 0.3 is 0 Å². The zero-order valence-corrected chi connectivity index (χ0v) is 14.8. The zero-order valence-electron chi connectivity index (χ0n) is 14.8. The molecule has 6 nitrogen and oxygen atoms in total. The highest BCUT2D eigenvalue weighted by molar-refractivity contribution is 6.08. The molecule has 2 N–H and O–H groups in total. The molecule has 132 valence electrons. The van der Waals surface area contributed by atoms with Crippen LogP contribution in [0.5, 0.6) is 0 Å². The van der Waals surface area contributed by atoms with E-state index in [9.17, 15) is 5.11 Å². The van der Waals surface area contributed by atoms with Crippen molar-refractivity contribution in [3.63, 3.8) is 0 Å². The number of aliphatic hydroxyl groups is 1. The monoisotopic (exact) mass is 347 g/mol. The molecule has 3 aromatic heterocycles. The van der Waals surface area contributed by atoms with Gasteiger partial charge in [-0.3, -0.25) is 9.78 Å². The van der Waals surface area contributed by atoms with Crippen molar-refractivity contribution < 1.29 is 5.11 Å². The summed E-state index contributed by atoms with van der Waals surface area (Å²) in [5, 5.41) is 23.4. The van der Waals surface area contributed by atoms with Crippen molar-refractivity contribution in [2.24, 2.45) is 0 Å². The number of rotatable bonds is 3. The molecule has 0 unspecified atom stereocenters. The summed E-state index contributed by atoms with van der Waals surface area (Å²) in [5.41, 5.74) is 8.07. The van der Waals surface area contributed by atoms with E-state index in [-0.39, 0.29) is 6.61 Å². The van der Waals surface area contributed by atoms with E-state index in [0.29, 0.717) is 6.54 Å². The molecule has 1 aliphatic rings. The number of pyridine rings is 1. The Morgan fingerprint density at radius 3 is 2.77 bits per heavy atom. The van der Waals surface area contributed by atoms with Crippen LogP contribution in [0.2, 0.25) is 0 Å². The molecule has 0 bridgehead atoms. The summed E-state index contributed by atoms with van der Waals surface area (Å²) in [4.78, 5) is 5.05. The van der Waals surface area contributed by atoms with Crippen LogP contribution in [-0.4, -0.2) is 36.7 Å². The predicted molar refractivity (Wildman–Crippen MR) is 101 cm³/mol. The summed E-state index contributed by atoms with van der Waals surface area (Å²) in [6, 6.07) is 4.15. The van der Waals surface area contributed by atoms with Gasteiger partial charge in [-0.15, -0.1) is 0 Å². The predicted octanol–water partition coefficient (Wildman–Crippen LogP) is 3.15. The van der Waals surface area contributed by atoms with Gasteiger partial charge in [-0.1, -0.05) is 0 Å². The maximum atomic E-state index is 9.29. The van der Waals surface area contributed by atoms with E-state index in [0.717, 1.165) is 46.2 Å². The van der Waals surface area contributed by atoms with Crippen LogP contribution in [0.4, 0.5) is 0 Å². The van der Waals surface area contributed by atoms with Crippen LogP contribution in [0.1, 0.15) is 29.7 Å². The van der Waals surface area contributed by atoms with Crippen molar-refractivity contribution in [2.75, 3.05) is 6.61 Å². The largest absolute Gasteiger partial charge is 0.394 e. The van der Waals surface area contributed by atoms with E-state index >= 15 is 0 Å². The summed E-state index contributed by atoms with van der Waals surface area (Å²) in [6.45, 7) is 2.65. The molecule has 0 spiro atoms. The Morgan fingerprint density at radius 1 is 1.15 bits per heavy atom. The van der Waals surface area contributed by atoms with Crippen molar-refractivity contribution in [3.05, 3.63) is 41.3 Å². The third-order valence-corrected chi connectivity index (χ3v) is 5.49. The lowest BCUT2D eigenvalue weighted by molar-refractivity contribution is 0.271. The quantitative estimate of drug-likeness (QED) is 0.597. The molecule has 0 amide bonds. The van der Waals surface area contributed by atoms with Gasteiger partial charge in [-0.25, -0.2) is 4.98 Å². The van der Waals surface area contributed by atoms with Crippen molar-refractivity contribution in [2.45, 2.75) is 39.2 Å². The normalized spacial score (nSPS) is 14.2. The molecule has 5 rings (SSSR count). The minimum absolute atomic E-state index is 0.0872. The lowest BCUT2D eigenvalue weighted by Gasteiger charge is -2.21. The first-order chi connectivity index (χ1) is 12.8. The third-order valence-electron chi connectivity index (χ3n) is 5.49. The second-order valence-electron chi connectivity index (χ2n) is 7.02. The molecule has 0 radical (unpaired) electrons. The van der Waals surface area contributed by atoms with Gasteiger partial charge in [0.2, 0.25) is 0 Å². The summed E-state index contributed by atoms with van der Waals surface area (Å²) >= 11 is 0. The number of aliphatic hydroxyl groups excluding tert-OH is 1. The summed E-state index contributed by atoms with van der Waals surface area (Å²) in [7, 11) is 0. The first-order valence-corrected chi connectivity index (χ1v) is 9.19. The number of nitrogens with one attached hydrogen (secondary N) is 1. The second-order valence-corrected chi connectivity index (χ2v) is 7.02. The number of nitrogens with zero attached hydrogens (tertiary/aromatic N) is 4. The van der Waals surface area contributed by atoms with E-state index in [1.807, 2.05) is 24.0 Å². The fourth-order valence-corrected chi connectivity index (χ4v) is 4.27. The van der Waals surface area contributed by atoms with Crippen molar-refractivity contribution >= 4 is 21.8 Å². The number of aromatic nitrogens is 5. The third kappa shape index (κ3) is 2.18. The molecular weight excluding hydrogens is 326 g/mol. The number of aromatic amines is 1. The van der Waals surface area contributed by atoms with Gasteiger partial charge in [-0.2, -0.15) is 10.2 Å². The van der Waals surface area contributed by atoms with Crippen LogP contribution in [0.25, 0.3) is 33.1 Å². The number of hydrogen-bond donors (Lipinski definition) is 2. The molecule has 1 aromatic carbocycles. The highest BCUT2D eigenvalue weighted by Crippen LogP contribution is 2.38. The van der Waals surface area contributed by atoms with Gasteiger partial charge in [0.15, 0.2) is 0 Å². The molecule has 4 aromatic rings. The lowest BCUT2D eigenvalue weighted by atomic mass is 9.85. The van der Waals surface area contributed by atoms with Gasteiger partial charge in [-0.05, 0) is 55.9 Å². The number of fused-ring (bicyclic) bond motifs is 5. The second kappa shape index (κ2) is 5.92. The van der Waals surface area contributed by atoms with Crippen LogP contribution in [0.15, 0.2) is 24.5 Å². The van der Waals surface area contributed by atoms with Crippen LogP contribution >= 0.6 is 0 Å². The fourth-order valence-electron chi connectivity index (χ4n) is 4.27. The SMILES string of the molecule is Cc1[nH]ncc1-c1nc2ccc3c(cnn3CCO)c2c2c1CCCC2. The Bertz CT molecular complexity index is 1120. The Morgan fingerprint density at radius 2 is 2.00 bits per heavy atom. The van der Waals surface area contributed by atoms with Crippen molar-refractivity contribution in [3.8, 4) is 11.3 Å². The van der Waals surface area contributed by atoms with E-state index in [2.05, 4.69) is 27.4 Å². The molecule has 0 atom stereocenters. The maximum Gasteiger partial charge on any atom is 0.0778 e. The van der Waals surface area contributed by atoms with Gasteiger partial charge in [0.05, 0.1) is 42.3 Å². The molecular formula is C20H21N5O. The topological polar surface area (TPSA) is 79.6 Å². The van der Waals surface area contributed by atoms with Crippen LogP contribution in [0.3, 0.4) is 0 Å². The van der Waals surface area contributed by atoms with Crippen LogP contribution < -0.4 is 0 Å². The van der Waals surface area contributed by atoms with Gasteiger partial charge in [0, 0.05) is 22.0 Å². The van der Waals surface area contributed by atoms with E-state index in [1.165, 1.54) is 29.4 Å². The van der Waals surface area contributed by atoms with Gasteiger partial charge in [0.1, 0.15) is 0 Å². The fraction of sp³-hybridized carbons (Fsp3) is 0.350. The minimum atomic E-state index is 0.0872.